The number of hydrogen-bond donors (Lipinski definition) is 1. The summed E-state index contributed by atoms with van der Waals surface area (Å²) in [6, 6.07) is 5.48. The van der Waals surface area contributed by atoms with Crippen LogP contribution in [0.3, 0.4) is 0 Å². The standard InChI is InChI=1S/C10H10O2S2/c1-12-9-4-6-3-7(11)5-8(13-2)10(6)14-9/h3-5,11H,1-2H3. The molecule has 0 amide bonds. The number of phenolic OH excluding ortho intramolecular Hbond substituents is 1. The van der Waals surface area contributed by atoms with E-state index in [2.05, 4.69) is 0 Å². The summed E-state index contributed by atoms with van der Waals surface area (Å²) in [6.45, 7) is 0. The third kappa shape index (κ3) is 1.55. The molecule has 14 heavy (non-hydrogen) atoms. The predicted molar refractivity (Wildman–Crippen MR) is 61.8 cm³/mol. The summed E-state index contributed by atoms with van der Waals surface area (Å²) in [7, 11) is 1.66. The van der Waals surface area contributed by atoms with Gasteiger partial charge in [-0.1, -0.05) is 11.3 Å². The highest BCUT2D eigenvalue weighted by molar-refractivity contribution is 7.99. The topological polar surface area (TPSA) is 29.5 Å². The zero-order chi connectivity index (χ0) is 10.1. The van der Waals surface area contributed by atoms with Crippen LogP contribution in [-0.4, -0.2) is 18.5 Å². The smallest absolute Gasteiger partial charge is 0.174 e. The molecule has 0 saturated heterocycles. The highest BCUT2D eigenvalue weighted by atomic mass is 32.2. The van der Waals surface area contributed by atoms with E-state index in [0.717, 1.165) is 15.3 Å². The summed E-state index contributed by atoms with van der Waals surface area (Å²) in [6.07, 6.45) is 2.00. The average Bonchev–Trinajstić information content (AvgIpc) is 2.59. The van der Waals surface area contributed by atoms with Gasteiger partial charge in [0.2, 0.25) is 0 Å². The van der Waals surface area contributed by atoms with E-state index in [4.69, 9.17) is 4.74 Å². The van der Waals surface area contributed by atoms with Gasteiger partial charge in [0.15, 0.2) is 5.06 Å². The molecule has 0 aliphatic rings. The number of hydrogen-bond acceptors (Lipinski definition) is 4. The van der Waals surface area contributed by atoms with E-state index in [1.807, 2.05) is 12.3 Å². The molecule has 1 N–H and O–H groups in total. The molecule has 0 radical (unpaired) electrons. The zero-order valence-electron chi connectivity index (χ0n) is 7.90. The maximum Gasteiger partial charge on any atom is 0.174 e. The molecule has 2 aromatic rings. The molecule has 0 atom stereocenters. The minimum Gasteiger partial charge on any atom is -0.508 e. The number of ether oxygens (including phenoxy) is 1. The van der Waals surface area contributed by atoms with Crippen LogP contribution < -0.4 is 4.74 Å². The van der Waals surface area contributed by atoms with Crippen molar-refractivity contribution in [1.82, 2.24) is 0 Å². The average molecular weight is 226 g/mol. The number of phenols is 1. The third-order valence-corrected chi connectivity index (χ3v) is 4.00. The van der Waals surface area contributed by atoms with E-state index in [1.165, 1.54) is 4.70 Å². The minimum atomic E-state index is 0.308. The quantitative estimate of drug-likeness (QED) is 0.796. The van der Waals surface area contributed by atoms with Crippen molar-refractivity contribution in [2.75, 3.05) is 13.4 Å². The molecular formula is C10H10O2S2. The van der Waals surface area contributed by atoms with Crippen LogP contribution in [0.5, 0.6) is 10.8 Å². The van der Waals surface area contributed by atoms with E-state index in [-0.39, 0.29) is 0 Å². The fraction of sp³-hybridized carbons (Fsp3) is 0.200. The van der Waals surface area contributed by atoms with Crippen LogP contribution in [0.25, 0.3) is 10.1 Å². The van der Waals surface area contributed by atoms with Gasteiger partial charge in [0.05, 0.1) is 11.8 Å². The number of benzene rings is 1. The molecule has 0 spiro atoms. The summed E-state index contributed by atoms with van der Waals surface area (Å²) in [5, 5.41) is 11.4. The van der Waals surface area contributed by atoms with Crippen LogP contribution in [0.4, 0.5) is 0 Å². The first-order valence-electron chi connectivity index (χ1n) is 4.09. The predicted octanol–water partition coefficient (Wildman–Crippen LogP) is 3.34. The van der Waals surface area contributed by atoms with Crippen LogP contribution in [0.1, 0.15) is 0 Å². The SMILES string of the molecule is COc1cc2cc(O)cc(SC)c2s1. The largest absolute Gasteiger partial charge is 0.508 e. The molecule has 0 bridgehead atoms. The number of thioether (sulfide) groups is 1. The summed E-state index contributed by atoms with van der Waals surface area (Å²) in [5.41, 5.74) is 0. The number of methoxy groups -OCH3 is 1. The Bertz CT molecular complexity index is 462. The van der Waals surface area contributed by atoms with Crippen molar-refractivity contribution in [1.29, 1.82) is 0 Å². The van der Waals surface area contributed by atoms with Crippen molar-refractivity contribution in [3.05, 3.63) is 18.2 Å². The van der Waals surface area contributed by atoms with Gasteiger partial charge in [0.25, 0.3) is 0 Å². The molecule has 2 rings (SSSR count). The number of aromatic hydroxyl groups is 1. The Morgan fingerprint density at radius 2 is 2.14 bits per heavy atom. The van der Waals surface area contributed by atoms with Gasteiger partial charge in [-0.2, -0.15) is 0 Å². The lowest BCUT2D eigenvalue weighted by Crippen LogP contribution is -1.73. The van der Waals surface area contributed by atoms with Gasteiger partial charge in [-0.15, -0.1) is 11.8 Å². The van der Waals surface area contributed by atoms with Gasteiger partial charge in [-0.05, 0) is 24.5 Å². The normalized spacial score (nSPS) is 10.7. The summed E-state index contributed by atoms with van der Waals surface area (Å²) >= 11 is 3.23. The van der Waals surface area contributed by atoms with Gasteiger partial charge in [-0.25, -0.2) is 0 Å². The minimum absolute atomic E-state index is 0.308. The zero-order valence-corrected chi connectivity index (χ0v) is 9.54. The maximum atomic E-state index is 9.47. The van der Waals surface area contributed by atoms with Crippen molar-refractivity contribution in [3.63, 3.8) is 0 Å². The van der Waals surface area contributed by atoms with Crippen molar-refractivity contribution in [2.24, 2.45) is 0 Å². The second kappa shape index (κ2) is 3.71. The first kappa shape index (κ1) is 9.68. The number of thiophene rings is 1. The molecule has 0 saturated carbocycles. The highest BCUT2D eigenvalue weighted by Crippen LogP contribution is 2.39. The van der Waals surface area contributed by atoms with E-state index in [0.29, 0.717) is 5.75 Å². The molecule has 0 fully saturated rings. The van der Waals surface area contributed by atoms with Gasteiger partial charge in [0, 0.05) is 10.3 Å². The molecule has 1 aromatic heterocycles. The Morgan fingerprint density at radius 1 is 1.36 bits per heavy atom. The lowest BCUT2D eigenvalue weighted by Gasteiger charge is -1.99. The molecule has 0 aliphatic carbocycles. The van der Waals surface area contributed by atoms with Gasteiger partial charge >= 0.3 is 0 Å². The highest BCUT2D eigenvalue weighted by Gasteiger charge is 2.07. The van der Waals surface area contributed by atoms with Gasteiger partial charge in [-0.3, -0.25) is 0 Å². The monoisotopic (exact) mass is 226 g/mol. The Hall–Kier alpha value is -0.870. The molecule has 0 unspecified atom stereocenters. The van der Waals surface area contributed by atoms with Crippen LogP contribution in [0.15, 0.2) is 23.1 Å². The van der Waals surface area contributed by atoms with E-state index in [1.54, 1.807) is 42.3 Å². The van der Waals surface area contributed by atoms with Crippen LogP contribution in [0.2, 0.25) is 0 Å². The molecule has 1 heterocycles. The molecule has 0 aliphatic heterocycles. The van der Waals surface area contributed by atoms with E-state index in [9.17, 15) is 5.11 Å². The Kier molecular flexibility index (Phi) is 2.56. The lowest BCUT2D eigenvalue weighted by atomic mass is 10.2. The second-order valence-corrected chi connectivity index (χ2v) is 4.70. The summed E-state index contributed by atoms with van der Waals surface area (Å²) < 4.78 is 6.34. The molecule has 4 heteroatoms. The Labute approximate surface area is 90.5 Å². The molecule has 1 aromatic carbocycles. The second-order valence-electron chi connectivity index (χ2n) is 2.84. The number of fused-ring (bicyclic) bond motifs is 1. The molecule has 74 valence electrons. The first-order valence-corrected chi connectivity index (χ1v) is 6.13. The Morgan fingerprint density at radius 3 is 2.79 bits per heavy atom. The van der Waals surface area contributed by atoms with Crippen molar-refractivity contribution in [2.45, 2.75) is 4.90 Å². The van der Waals surface area contributed by atoms with Crippen LogP contribution in [0, 0.1) is 0 Å². The molecular weight excluding hydrogens is 216 g/mol. The summed E-state index contributed by atoms with van der Waals surface area (Å²) in [5.74, 6) is 0.308. The molecule has 2 nitrogen and oxygen atoms in total. The van der Waals surface area contributed by atoms with Gasteiger partial charge < -0.3 is 9.84 Å². The van der Waals surface area contributed by atoms with Gasteiger partial charge in [0.1, 0.15) is 5.75 Å². The summed E-state index contributed by atoms with van der Waals surface area (Å²) in [4.78, 5) is 1.09. The van der Waals surface area contributed by atoms with Crippen molar-refractivity contribution >= 4 is 33.2 Å². The fourth-order valence-electron chi connectivity index (χ4n) is 1.33. The van der Waals surface area contributed by atoms with Crippen molar-refractivity contribution < 1.29 is 9.84 Å². The van der Waals surface area contributed by atoms with Crippen LogP contribution in [-0.2, 0) is 0 Å². The third-order valence-electron chi connectivity index (χ3n) is 1.97. The van der Waals surface area contributed by atoms with E-state index >= 15 is 0 Å². The lowest BCUT2D eigenvalue weighted by molar-refractivity contribution is 0.427. The van der Waals surface area contributed by atoms with E-state index < -0.39 is 0 Å². The Balaban J connectivity index is 2.71. The first-order chi connectivity index (χ1) is 6.74. The van der Waals surface area contributed by atoms with Crippen molar-refractivity contribution in [3.8, 4) is 10.8 Å². The maximum absolute atomic E-state index is 9.47. The fourth-order valence-corrected chi connectivity index (χ4v) is 3.12. The number of rotatable bonds is 2. The van der Waals surface area contributed by atoms with Crippen LogP contribution >= 0.6 is 23.1 Å².